The summed E-state index contributed by atoms with van der Waals surface area (Å²) in [6.07, 6.45) is 0.141. The van der Waals surface area contributed by atoms with Crippen molar-refractivity contribution in [1.82, 2.24) is 0 Å². The molecule has 0 aliphatic rings. The van der Waals surface area contributed by atoms with Crippen LogP contribution in [0.3, 0.4) is 0 Å². The Morgan fingerprint density at radius 1 is 1.07 bits per heavy atom. The number of rotatable bonds is 3. The molecule has 1 aromatic carbocycles. The number of hydrogen-bond donors (Lipinski definition) is 1. The van der Waals surface area contributed by atoms with Gasteiger partial charge in [0.05, 0.1) is 0 Å². The van der Waals surface area contributed by atoms with Crippen LogP contribution >= 0.6 is 10.2 Å². The monoisotopic (exact) mass is 247 g/mol. The van der Waals surface area contributed by atoms with Crippen LogP contribution in [-0.2, 0) is 6.42 Å². The predicted molar refractivity (Wildman–Crippen MR) is 50.6 cm³/mol. The lowest BCUT2D eigenvalue weighted by Gasteiger charge is -2.40. The Labute approximate surface area is 83.8 Å². The average molecular weight is 247 g/mol. The molecule has 1 rings (SSSR count). The van der Waals surface area contributed by atoms with Crippen LogP contribution in [0.5, 0.6) is 0 Å². The Kier molecular flexibility index (Phi) is 2.33. The highest BCUT2D eigenvalue weighted by Crippen LogP contribution is 3.02. The van der Waals surface area contributed by atoms with Gasteiger partial charge in [0.15, 0.2) is 0 Å². The maximum Gasteiger partial charge on any atom is 0.310 e. The van der Waals surface area contributed by atoms with E-state index < -0.39 is 15.1 Å². The number of nitrogens with two attached hydrogens (primary N) is 1. The molecular weight excluding hydrogens is 237 g/mol. The number of hydrogen-bond acceptors (Lipinski definition) is 1. The van der Waals surface area contributed by atoms with Crippen molar-refractivity contribution >= 4 is 10.2 Å². The van der Waals surface area contributed by atoms with E-state index in [4.69, 9.17) is 5.73 Å². The number of halogens is 5. The van der Waals surface area contributed by atoms with Gasteiger partial charge in [-0.15, -0.1) is 0 Å². The fraction of sp³-hybridized carbons (Fsp3) is 0.250. The maximum absolute atomic E-state index is 12.3. The lowest BCUT2D eigenvalue weighted by Crippen LogP contribution is -2.08. The average Bonchev–Trinajstić information content (AvgIpc) is 2.01. The summed E-state index contributed by atoms with van der Waals surface area (Å²) in [7, 11) is -9.54. The molecule has 0 atom stereocenters. The van der Waals surface area contributed by atoms with Gasteiger partial charge >= 0.3 is 10.2 Å². The van der Waals surface area contributed by atoms with Crippen molar-refractivity contribution in [2.75, 3.05) is 6.54 Å². The van der Waals surface area contributed by atoms with E-state index in [1.54, 1.807) is 0 Å². The van der Waals surface area contributed by atoms with Crippen molar-refractivity contribution in [3.63, 3.8) is 0 Å². The molecular formula is C8H10F5NS. The molecule has 88 valence electrons. The van der Waals surface area contributed by atoms with Crippen LogP contribution in [0.15, 0.2) is 29.2 Å². The molecule has 15 heavy (non-hydrogen) atoms. The molecule has 0 saturated heterocycles. The summed E-state index contributed by atoms with van der Waals surface area (Å²) in [6, 6.07) is 3.12. The second kappa shape index (κ2) is 2.85. The molecule has 1 nitrogen and oxygen atoms in total. The molecule has 2 N–H and O–H groups in total. The van der Waals surface area contributed by atoms with Gasteiger partial charge in [-0.25, -0.2) is 0 Å². The van der Waals surface area contributed by atoms with E-state index in [2.05, 4.69) is 0 Å². The molecule has 7 heteroatoms. The van der Waals surface area contributed by atoms with E-state index >= 15 is 0 Å². The highest BCUT2D eigenvalue weighted by Gasteiger charge is 2.65. The second-order valence-electron chi connectivity index (χ2n) is 3.16. The van der Waals surface area contributed by atoms with Crippen molar-refractivity contribution < 1.29 is 19.4 Å². The standard InChI is InChI=1S/C8H10F5NS/c9-15(10,11,12,13)8-3-1-2-7(6-8)4-5-14/h1-3,6H,4-5,14H2. The van der Waals surface area contributed by atoms with Gasteiger partial charge in [-0.2, -0.15) is 0 Å². The molecule has 0 fully saturated rings. The first-order chi connectivity index (χ1) is 6.53. The highest BCUT2D eigenvalue weighted by atomic mass is 32.5. The molecule has 1 aromatic rings. The first-order valence-corrected chi connectivity index (χ1v) is 6.01. The van der Waals surface area contributed by atoms with Gasteiger partial charge in [-0.1, -0.05) is 31.6 Å². The lowest BCUT2D eigenvalue weighted by molar-refractivity contribution is 0.364. The molecule has 0 spiro atoms. The predicted octanol–water partition coefficient (Wildman–Crippen LogP) is 3.85. The third-order valence-corrected chi connectivity index (χ3v) is 2.92. The Morgan fingerprint density at radius 2 is 1.67 bits per heavy atom. The van der Waals surface area contributed by atoms with Crippen molar-refractivity contribution in [2.24, 2.45) is 5.73 Å². The first kappa shape index (κ1) is 12.3. The molecule has 0 saturated carbocycles. The Morgan fingerprint density at radius 3 is 2.13 bits per heavy atom. The smallest absolute Gasteiger partial charge is 0.310 e. The fourth-order valence-corrected chi connectivity index (χ4v) is 1.82. The Bertz CT molecular complexity index is 371. The van der Waals surface area contributed by atoms with Crippen molar-refractivity contribution in [3.8, 4) is 0 Å². The van der Waals surface area contributed by atoms with Crippen molar-refractivity contribution in [1.29, 1.82) is 0 Å². The summed E-state index contributed by atoms with van der Waals surface area (Å²) in [5, 5.41) is 0. The van der Waals surface area contributed by atoms with Crippen molar-refractivity contribution in [3.05, 3.63) is 29.8 Å². The van der Waals surface area contributed by atoms with E-state index in [-0.39, 0.29) is 18.5 Å². The SMILES string of the molecule is NCCc1cccc(S(F)(F)(F)(F)F)c1. The zero-order valence-electron chi connectivity index (χ0n) is 7.60. The minimum absolute atomic E-state index is 0.115. The van der Waals surface area contributed by atoms with Crippen LogP contribution in [0.25, 0.3) is 0 Å². The van der Waals surface area contributed by atoms with Crippen LogP contribution in [0.4, 0.5) is 19.4 Å². The molecule has 0 amide bonds. The zero-order valence-corrected chi connectivity index (χ0v) is 8.42. The summed E-state index contributed by atoms with van der Waals surface area (Å²) in [4.78, 5) is -1.86. The highest BCUT2D eigenvalue weighted by molar-refractivity contribution is 8.45. The third-order valence-electron chi connectivity index (χ3n) is 1.78. The molecule has 0 aliphatic carbocycles. The van der Waals surface area contributed by atoms with Crippen LogP contribution in [0.2, 0.25) is 0 Å². The summed E-state index contributed by atoms with van der Waals surface area (Å²) < 4.78 is 61.7. The lowest BCUT2D eigenvalue weighted by atomic mass is 10.2. The Hall–Kier alpha value is -0.820. The van der Waals surface area contributed by atoms with Gasteiger partial charge < -0.3 is 5.73 Å². The van der Waals surface area contributed by atoms with Gasteiger partial charge in [0.1, 0.15) is 4.90 Å². The first-order valence-electron chi connectivity index (χ1n) is 4.06. The minimum atomic E-state index is -9.54. The molecule has 0 aliphatic heterocycles. The zero-order chi connectivity index (χ0) is 11.8. The van der Waals surface area contributed by atoms with Gasteiger partial charge in [-0.3, -0.25) is 0 Å². The van der Waals surface area contributed by atoms with Gasteiger partial charge in [0, 0.05) is 0 Å². The summed E-state index contributed by atoms with van der Waals surface area (Å²) in [6.45, 7) is 0.115. The van der Waals surface area contributed by atoms with Crippen LogP contribution < -0.4 is 5.73 Å². The van der Waals surface area contributed by atoms with Crippen LogP contribution in [0, 0.1) is 0 Å². The summed E-state index contributed by atoms with van der Waals surface area (Å²) in [5.41, 5.74) is 5.28. The van der Waals surface area contributed by atoms with E-state index in [1.807, 2.05) is 0 Å². The molecule has 0 bridgehead atoms. The molecule has 0 aromatic heterocycles. The van der Waals surface area contributed by atoms with E-state index in [1.165, 1.54) is 6.07 Å². The molecule has 0 radical (unpaired) electrons. The summed E-state index contributed by atoms with van der Waals surface area (Å²) in [5.74, 6) is 0. The normalized spacial score (nSPS) is 16.9. The third kappa shape index (κ3) is 3.35. The topological polar surface area (TPSA) is 26.0 Å². The van der Waals surface area contributed by atoms with Gasteiger partial charge in [-0.05, 0) is 30.7 Å². The minimum Gasteiger partial charge on any atom is -0.330 e. The quantitative estimate of drug-likeness (QED) is 0.807. The van der Waals surface area contributed by atoms with E-state index in [0.29, 0.717) is 12.1 Å². The number of benzene rings is 1. The molecule has 0 heterocycles. The summed E-state index contributed by atoms with van der Waals surface area (Å²) >= 11 is 0. The van der Waals surface area contributed by atoms with Gasteiger partial charge in [0.25, 0.3) is 0 Å². The van der Waals surface area contributed by atoms with Crippen LogP contribution in [-0.4, -0.2) is 6.54 Å². The molecule has 0 unspecified atom stereocenters. The van der Waals surface area contributed by atoms with Crippen molar-refractivity contribution in [2.45, 2.75) is 11.3 Å². The second-order valence-corrected chi connectivity index (χ2v) is 5.56. The largest absolute Gasteiger partial charge is 0.330 e. The van der Waals surface area contributed by atoms with Gasteiger partial charge in [0.2, 0.25) is 0 Å². The fourth-order valence-electron chi connectivity index (χ4n) is 1.11. The van der Waals surface area contributed by atoms with Crippen LogP contribution in [0.1, 0.15) is 5.56 Å². The maximum atomic E-state index is 12.3. The Balaban J connectivity index is 3.24. The van der Waals surface area contributed by atoms with E-state index in [9.17, 15) is 19.4 Å². The van der Waals surface area contributed by atoms with E-state index in [0.717, 1.165) is 6.07 Å².